The Hall–Kier alpha value is -0.120. The van der Waals surface area contributed by atoms with Gasteiger partial charge in [0.05, 0.1) is 10.6 Å². The Kier molecular flexibility index (Phi) is 2.58. The first-order valence-corrected chi connectivity index (χ1v) is 5.80. The van der Waals surface area contributed by atoms with Crippen LogP contribution in [-0.4, -0.2) is 0 Å². The van der Waals surface area contributed by atoms with E-state index in [0.717, 1.165) is 25.9 Å². The third-order valence-corrected chi connectivity index (χ3v) is 4.11. The molecule has 0 saturated heterocycles. The van der Waals surface area contributed by atoms with Crippen LogP contribution in [-0.2, 0) is 5.88 Å². The van der Waals surface area contributed by atoms with E-state index < -0.39 is 0 Å². The Morgan fingerprint density at radius 2 is 2.23 bits per heavy atom. The van der Waals surface area contributed by atoms with E-state index in [1.165, 1.54) is 0 Å². The van der Waals surface area contributed by atoms with Crippen LogP contribution in [0.2, 0.25) is 0 Å². The quantitative estimate of drug-likeness (QED) is 0.672. The SMILES string of the molecule is Fc1sc2c(Br)cccc2c1CCl. The maximum atomic E-state index is 13.3. The van der Waals surface area contributed by atoms with Crippen molar-refractivity contribution in [3.8, 4) is 0 Å². The van der Waals surface area contributed by atoms with Gasteiger partial charge in [-0.1, -0.05) is 12.1 Å². The Balaban J connectivity index is 2.86. The van der Waals surface area contributed by atoms with Crippen LogP contribution < -0.4 is 0 Å². The zero-order valence-corrected chi connectivity index (χ0v) is 9.64. The molecule has 0 aliphatic heterocycles. The molecule has 0 N–H and O–H groups in total. The molecule has 1 aromatic heterocycles. The summed E-state index contributed by atoms with van der Waals surface area (Å²) in [7, 11) is 0. The zero-order chi connectivity index (χ0) is 9.42. The summed E-state index contributed by atoms with van der Waals surface area (Å²) in [5, 5.41) is 0.726. The van der Waals surface area contributed by atoms with Gasteiger partial charge in [0, 0.05) is 15.4 Å². The van der Waals surface area contributed by atoms with Crippen molar-refractivity contribution in [2.75, 3.05) is 0 Å². The highest BCUT2D eigenvalue weighted by Gasteiger charge is 2.12. The van der Waals surface area contributed by atoms with Crippen LogP contribution in [0.1, 0.15) is 5.56 Å². The number of rotatable bonds is 1. The number of thiophene rings is 1. The Labute approximate surface area is 92.5 Å². The van der Waals surface area contributed by atoms with Gasteiger partial charge in [-0.2, -0.15) is 4.39 Å². The average molecular weight is 280 g/mol. The molecule has 0 aliphatic rings. The molecular weight excluding hydrogens is 275 g/mol. The van der Waals surface area contributed by atoms with Gasteiger partial charge in [-0.15, -0.1) is 22.9 Å². The van der Waals surface area contributed by atoms with E-state index in [9.17, 15) is 4.39 Å². The molecule has 0 bridgehead atoms. The molecule has 0 saturated carbocycles. The lowest BCUT2D eigenvalue weighted by molar-refractivity contribution is 0.648. The molecular formula is C9H5BrClFS. The molecule has 2 aromatic rings. The van der Waals surface area contributed by atoms with Crippen molar-refractivity contribution in [1.29, 1.82) is 0 Å². The predicted octanol–water partition coefficient (Wildman–Crippen LogP) is 4.54. The molecule has 0 spiro atoms. The number of halogens is 3. The Bertz CT molecular complexity index is 452. The summed E-state index contributed by atoms with van der Waals surface area (Å²) in [6.45, 7) is 0. The molecule has 1 heterocycles. The average Bonchev–Trinajstić information content (AvgIpc) is 2.43. The van der Waals surface area contributed by atoms with Crippen LogP contribution >= 0.6 is 38.9 Å². The van der Waals surface area contributed by atoms with Gasteiger partial charge >= 0.3 is 0 Å². The fraction of sp³-hybridized carbons (Fsp3) is 0.111. The summed E-state index contributed by atoms with van der Waals surface area (Å²) in [5.74, 6) is 0.224. The van der Waals surface area contributed by atoms with Crippen molar-refractivity contribution in [2.24, 2.45) is 0 Å². The van der Waals surface area contributed by atoms with Gasteiger partial charge in [0.25, 0.3) is 0 Å². The van der Waals surface area contributed by atoms with Gasteiger partial charge in [-0.05, 0) is 22.0 Å². The lowest BCUT2D eigenvalue weighted by atomic mass is 10.2. The minimum absolute atomic E-state index is 0.183. The number of benzene rings is 1. The van der Waals surface area contributed by atoms with Crippen LogP contribution in [0.5, 0.6) is 0 Å². The van der Waals surface area contributed by atoms with E-state index in [-0.39, 0.29) is 11.0 Å². The van der Waals surface area contributed by atoms with Crippen LogP contribution in [0.4, 0.5) is 4.39 Å². The van der Waals surface area contributed by atoms with Gasteiger partial charge in [-0.3, -0.25) is 0 Å². The van der Waals surface area contributed by atoms with Crippen LogP contribution in [0.3, 0.4) is 0 Å². The maximum Gasteiger partial charge on any atom is 0.182 e. The fourth-order valence-corrected chi connectivity index (χ4v) is 3.13. The normalized spacial score (nSPS) is 11.0. The van der Waals surface area contributed by atoms with Crippen molar-refractivity contribution < 1.29 is 4.39 Å². The molecule has 0 atom stereocenters. The highest BCUT2D eigenvalue weighted by Crippen LogP contribution is 2.35. The number of hydrogen-bond donors (Lipinski definition) is 0. The summed E-state index contributed by atoms with van der Waals surface area (Å²) in [6.07, 6.45) is 0. The fourth-order valence-electron chi connectivity index (χ4n) is 1.23. The first kappa shape index (κ1) is 9.44. The first-order valence-electron chi connectivity index (χ1n) is 3.65. The highest BCUT2D eigenvalue weighted by molar-refractivity contribution is 9.10. The Morgan fingerprint density at radius 1 is 1.46 bits per heavy atom. The van der Waals surface area contributed by atoms with Crippen molar-refractivity contribution in [1.82, 2.24) is 0 Å². The topological polar surface area (TPSA) is 0 Å². The standard InChI is InChI=1S/C9H5BrClFS/c10-7-3-1-2-5-6(4-11)9(12)13-8(5)7/h1-3H,4H2. The minimum Gasteiger partial charge on any atom is -0.195 e. The van der Waals surface area contributed by atoms with Gasteiger partial charge < -0.3 is 0 Å². The molecule has 0 fully saturated rings. The van der Waals surface area contributed by atoms with E-state index in [0.29, 0.717) is 5.56 Å². The highest BCUT2D eigenvalue weighted by atomic mass is 79.9. The van der Waals surface area contributed by atoms with Gasteiger partial charge in [-0.25, -0.2) is 0 Å². The summed E-state index contributed by atoms with van der Waals surface area (Å²) >= 11 is 10.2. The summed E-state index contributed by atoms with van der Waals surface area (Å²) in [5.41, 5.74) is 0.600. The van der Waals surface area contributed by atoms with Crippen LogP contribution in [0, 0.1) is 5.13 Å². The molecule has 0 nitrogen and oxygen atoms in total. The van der Waals surface area contributed by atoms with E-state index >= 15 is 0 Å². The van der Waals surface area contributed by atoms with Crippen molar-refractivity contribution in [3.05, 3.63) is 33.4 Å². The number of alkyl halides is 1. The van der Waals surface area contributed by atoms with Crippen LogP contribution in [0.25, 0.3) is 10.1 Å². The summed E-state index contributed by atoms with van der Waals surface area (Å²) < 4.78 is 15.1. The van der Waals surface area contributed by atoms with Gasteiger partial charge in [0.1, 0.15) is 0 Å². The van der Waals surface area contributed by atoms with Crippen molar-refractivity contribution in [3.63, 3.8) is 0 Å². The maximum absolute atomic E-state index is 13.3. The van der Waals surface area contributed by atoms with Crippen molar-refractivity contribution in [2.45, 2.75) is 5.88 Å². The van der Waals surface area contributed by atoms with Gasteiger partial charge in [0.15, 0.2) is 5.13 Å². The monoisotopic (exact) mass is 278 g/mol. The second-order valence-electron chi connectivity index (χ2n) is 2.60. The second kappa shape index (κ2) is 3.56. The second-order valence-corrected chi connectivity index (χ2v) is 4.70. The third kappa shape index (κ3) is 1.49. The summed E-state index contributed by atoms with van der Waals surface area (Å²) in [6, 6.07) is 5.67. The molecule has 68 valence electrons. The zero-order valence-electron chi connectivity index (χ0n) is 6.48. The first-order chi connectivity index (χ1) is 6.24. The number of hydrogen-bond acceptors (Lipinski definition) is 1. The van der Waals surface area contributed by atoms with E-state index in [1.807, 2.05) is 18.2 Å². The molecule has 0 radical (unpaired) electrons. The minimum atomic E-state index is -0.183. The lowest BCUT2D eigenvalue weighted by Crippen LogP contribution is -1.77. The molecule has 0 amide bonds. The number of fused-ring (bicyclic) bond motifs is 1. The molecule has 0 aliphatic carbocycles. The van der Waals surface area contributed by atoms with E-state index in [2.05, 4.69) is 15.9 Å². The predicted molar refractivity (Wildman–Crippen MR) is 59.0 cm³/mol. The van der Waals surface area contributed by atoms with Gasteiger partial charge in [0.2, 0.25) is 0 Å². The van der Waals surface area contributed by atoms with Crippen LogP contribution in [0.15, 0.2) is 22.7 Å². The lowest BCUT2D eigenvalue weighted by Gasteiger charge is -1.93. The third-order valence-electron chi connectivity index (χ3n) is 1.85. The van der Waals surface area contributed by atoms with E-state index in [4.69, 9.17) is 11.6 Å². The molecule has 2 rings (SSSR count). The van der Waals surface area contributed by atoms with E-state index in [1.54, 1.807) is 0 Å². The Morgan fingerprint density at radius 3 is 2.92 bits per heavy atom. The molecule has 1 aromatic carbocycles. The summed E-state index contributed by atoms with van der Waals surface area (Å²) in [4.78, 5) is 0. The smallest absolute Gasteiger partial charge is 0.182 e. The largest absolute Gasteiger partial charge is 0.195 e. The molecule has 4 heteroatoms. The molecule has 13 heavy (non-hydrogen) atoms. The van der Waals surface area contributed by atoms with Crippen molar-refractivity contribution >= 4 is 49.0 Å². The molecule has 0 unspecified atom stereocenters.